The molecule has 0 aromatic rings. The summed E-state index contributed by atoms with van der Waals surface area (Å²) in [5, 5.41) is 0. The number of likely N-dealkylation sites (tertiary alicyclic amines) is 1. The summed E-state index contributed by atoms with van der Waals surface area (Å²) in [4.78, 5) is 2.74. The van der Waals surface area contributed by atoms with Crippen LogP contribution in [0.15, 0.2) is 0 Å². The second-order valence-electron chi connectivity index (χ2n) is 7.84. The number of hydrogen-bond donors (Lipinski definition) is 1. The Bertz CT molecular complexity index is 287. The van der Waals surface area contributed by atoms with Gasteiger partial charge in [0.1, 0.15) is 0 Å². The fourth-order valence-electron chi connectivity index (χ4n) is 4.82. The predicted molar refractivity (Wildman–Crippen MR) is 76.4 cm³/mol. The Hall–Kier alpha value is -0.0800. The summed E-state index contributed by atoms with van der Waals surface area (Å²) in [6, 6.07) is 0.409. The fraction of sp³-hybridized carbons (Fsp3) is 1.00. The van der Waals surface area contributed by atoms with E-state index in [1.54, 1.807) is 0 Å². The van der Waals surface area contributed by atoms with E-state index in [0.717, 1.165) is 17.8 Å². The van der Waals surface area contributed by atoms with Gasteiger partial charge in [-0.1, -0.05) is 26.7 Å². The molecule has 2 nitrogen and oxygen atoms in total. The van der Waals surface area contributed by atoms with Gasteiger partial charge in [-0.15, -0.1) is 0 Å². The first-order valence-corrected chi connectivity index (χ1v) is 8.04. The summed E-state index contributed by atoms with van der Waals surface area (Å²) in [6.45, 7) is 8.74. The maximum atomic E-state index is 6.52. The van der Waals surface area contributed by atoms with E-state index in [2.05, 4.69) is 18.7 Å². The summed E-state index contributed by atoms with van der Waals surface area (Å²) in [5.41, 5.74) is 6.88. The molecule has 1 aliphatic heterocycles. The SMILES string of the molecule is CC1(C)CCCC(CN2CC3CCCC3C2)C1N. The lowest BCUT2D eigenvalue weighted by molar-refractivity contribution is 0.108. The molecule has 2 N–H and O–H groups in total. The molecule has 0 aromatic heterocycles. The van der Waals surface area contributed by atoms with Crippen LogP contribution >= 0.6 is 0 Å². The van der Waals surface area contributed by atoms with Gasteiger partial charge in [-0.2, -0.15) is 0 Å². The largest absolute Gasteiger partial charge is 0.327 e. The fourth-order valence-corrected chi connectivity index (χ4v) is 4.82. The van der Waals surface area contributed by atoms with Crippen LogP contribution in [0.1, 0.15) is 52.4 Å². The summed E-state index contributed by atoms with van der Waals surface area (Å²) in [5.74, 6) is 2.79. The van der Waals surface area contributed by atoms with E-state index in [0.29, 0.717) is 11.5 Å². The van der Waals surface area contributed by atoms with Crippen LogP contribution in [-0.4, -0.2) is 30.6 Å². The van der Waals surface area contributed by atoms with E-state index in [1.165, 1.54) is 58.2 Å². The average Bonchev–Trinajstić information content (AvgIpc) is 2.85. The van der Waals surface area contributed by atoms with Crippen LogP contribution in [0.2, 0.25) is 0 Å². The van der Waals surface area contributed by atoms with E-state index in [1.807, 2.05) is 0 Å². The lowest BCUT2D eigenvalue weighted by Crippen LogP contribution is -2.50. The Balaban J connectivity index is 1.57. The molecule has 4 atom stereocenters. The Morgan fingerprint density at radius 2 is 1.72 bits per heavy atom. The van der Waals surface area contributed by atoms with Crippen LogP contribution in [0.5, 0.6) is 0 Å². The van der Waals surface area contributed by atoms with Crippen molar-refractivity contribution in [2.75, 3.05) is 19.6 Å². The molecule has 0 spiro atoms. The molecular weight excluding hydrogens is 220 g/mol. The highest BCUT2D eigenvalue weighted by molar-refractivity contribution is 4.95. The number of fused-ring (bicyclic) bond motifs is 1. The molecule has 2 heteroatoms. The zero-order valence-electron chi connectivity index (χ0n) is 12.2. The molecule has 18 heavy (non-hydrogen) atoms. The van der Waals surface area contributed by atoms with Crippen molar-refractivity contribution >= 4 is 0 Å². The first-order chi connectivity index (χ1) is 8.56. The van der Waals surface area contributed by atoms with E-state index in [9.17, 15) is 0 Å². The summed E-state index contributed by atoms with van der Waals surface area (Å²) >= 11 is 0. The number of nitrogens with zero attached hydrogens (tertiary/aromatic N) is 1. The van der Waals surface area contributed by atoms with Crippen molar-refractivity contribution in [2.45, 2.75) is 58.4 Å². The molecule has 104 valence electrons. The molecule has 4 unspecified atom stereocenters. The van der Waals surface area contributed by atoms with Gasteiger partial charge in [0.25, 0.3) is 0 Å². The molecule has 2 aliphatic carbocycles. The van der Waals surface area contributed by atoms with Crippen molar-refractivity contribution in [1.29, 1.82) is 0 Å². The molecule has 3 rings (SSSR count). The van der Waals surface area contributed by atoms with Gasteiger partial charge in [-0.3, -0.25) is 0 Å². The Labute approximate surface area is 112 Å². The Morgan fingerprint density at radius 1 is 1.06 bits per heavy atom. The quantitative estimate of drug-likeness (QED) is 0.816. The van der Waals surface area contributed by atoms with E-state index in [-0.39, 0.29) is 0 Å². The van der Waals surface area contributed by atoms with Crippen LogP contribution in [0.3, 0.4) is 0 Å². The van der Waals surface area contributed by atoms with Crippen LogP contribution in [-0.2, 0) is 0 Å². The van der Waals surface area contributed by atoms with Crippen LogP contribution in [0, 0.1) is 23.2 Å². The first kappa shape index (κ1) is 12.9. The van der Waals surface area contributed by atoms with Crippen LogP contribution in [0.4, 0.5) is 0 Å². The Morgan fingerprint density at radius 3 is 2.39 bits per heavy atom. The van der Waals surface area contributed by atoms with Gasteiger partial charge >= 0.3 is 0 Å². The van der Waals surface area contributed by atoms with Gasteiger partial charge < -0.3 is 10.6 Å². The van der Waals surface area contributed by atoms with Gasteiger partial charge in [0.15, 0.2) is 0 Å². The topological polar surface area (TPSA) is 29.3 Å². The minimum atomic E-state index is 0.360. The predicted octanol–water partition coefficient (Wildman–Crippen LogP) is 2.87. The summed E-state index contributed by atoms with van der Waals surface area (Å²) < 4.78 is 0. The van der Waals surface area contributed by atoms with Crippen LogP contribution in [0.25, 0.3) is 0 Å². The van der Waals surface area contributed by atoms with Crippen molar-refractivity contribution in [1.82, 2.24) is 4.90 Å². The number of hydrogen-bond acceptors (Lipinski definition) is 2. The third kappa shape index (κ3) is 2.34. The second kappa shape index (κ2) is 4.79. The van der Waals surface area contributed by atoms with Crippen molar-refractivity contribution in [3.05, 3.63) is 0 Å². The monoisotopic (exact) mass is 250 g/mol. The van der Waals surface area contributed by atoms with Crippen molar-refractivity contribution < 1.29 is 0 Å². The molecule has 3 fully saturated rings. The number of rotatable bonds is 2. The Kier molecular flexibility index (Phi) is 3.44. The normalized spacial score (nSPS) is 44.2. The number of nitrogens with two attached hydrogens (primary N) is 1. The van der Waals surface area contributed by atoms with Crippen molar-refractivity contribution in [2.24, 2.45) is 28.9 Å². The minimum absolute atomic E-state index is 0.360. The average molecular weight is 250 g/mol. The summed E-state index contributed by atoms with van der Waals surface area (Å²) in [6.07, 6.45) is 8.52. The second-order valence-corrected chi connectivity index (χ2v) is 7.84. The lowest BCUT2D eigenvalue weighted by Gasteiger charge is -2.43. The molecule has 0 bridgehead atoms. The zero-order valence-corrected chi connectivity index (χ0v) is 12.2. The van der Waals surface area contributed by atoms with Gasteiger partial charge in [0.2, 0.25) is 0 Å². The molecule has 0 amide bonds. The van der Waals surface area contributed by atoms with Crippen LogP contribution < -0.4 is 5.73 Å². The molecule has 1 saturated heterocycles. The maximum Gasteiger partial charge on any atom is 0.0131 e. The lowest BCUT2D eigenvalue weighted by atomic mass is 9.68. The van der Waals surface area contributed by atoms with E-state index < -0.39 is 0 Å². The molecule has 0 radical (unpaired) electrons. The van der Waals surface area contributed by atoms with Crippen molar-refractivity contribution in [3.63, 3.8) is 0 Å². The smallest absolute Gasteiger partial charge is 0.0131 e. The zero-order chi connectivity index (χ0) is 12.8. The van der Waals surface area contributed by atoms with Gasteiger partial charge in [-0.25, -0.2) is 0 Å². The van der Waals surface area contributed by atoms with Gasteiger partial charge in [0, 0.05) is 25.7 Å². The van der Waals surface area contributed by atoms with E-state index >= 15 is 0 Å². The van der Waals surface area contributed by atoms with Crippen molar-refractivity contribution in [3.8, 4) is 0 Å². The maximum absolute atomic E-state index is 6.52. The van der Waals surface area contributed by atoms with Gasteiger partial charge in [0.05, 0.1) is 0 Å². The molecule has 0 aromatic carbocycles. The van der Waals surface area contributed by atoms with E-state index in [4.69, 9.17) is 5.73 Å². The highest BCUT2D eigenvalue weighted by Gasteiger charge is 2.40. The molecular formula is C16H30N2. The minimum Gasteiger partial charge on any atom is -0.327 e. The highest BCUT2D eigenvalue weighted by Crippen LogP contribution is 2.41. The molecule has 1 heterocycles. The standard InChI is InChI=1S/C16H30N2/c1-16(2)8-4-7-14(15(16)17)11-18-9-12-5-3-6-13(12)10-18/h12-15H,3-11,17H2,1-2H3. The first-order valence-electron chi connectivity index (χ1n) is 8.04. The van der Waals surface area contributed by atoms with Gasteiger partial charge in [-0.05, 0) is 48.9 Å². The summed E-state index contributed by atoms with van der Waals surface area (Å²) in [7, 11) is 0. The third-order valence-corrected chi connectivity index (χ3v) is 6.10. The highest BCUT2D eigenvalue weighted by atomic mass is 15.2. The molecule has 2 saturated carbocycles. The molecule has 3 aliphatic rings. The third-order valence-electron chi connectivity index (χ3n) is 6.10.